The highest BCUT2D eigenvalue weighted by Crippen LogP contribution is 2.40. The standard InChI is InChI=1S/C11H22N2O2/c1-12-9-11(5-3-6-11)10(14)13-7-4-8-15-2/h12H,3-9H2,1-2H3,(H,13,14). The van der Waals surface area contributed by atoms with Crippen LogP contribution in [-0.2, 0) is 9.53 Å². The van der Waals surface area contributed by atoms with Crippen LogP contribution in [0.2, 0.25) is 0 Å². The quantitative estimate of drug-likeness (QED) is 0.608. The predicted molar refractivity (Wildman–Crippen MR) is 59.7 cm³/mol. The second-order valence-electron chi connectivity index (χ2n) is 4.27. The van der Waals surface area contributed by atoms with Gasteiger partial charge in [0, 0.05) is 26.8 Å². The number of methoxy groups -OCH3 is 1. The van der Waals surface area contributed by atoms with Gasteiger partial charge in [0.2, 0.25) is 5.91 Å². The molecule has 1 amide bonds. The average molecular weight is 214 g/mol. The lowest BCUT2D eigenvalue weighted by molar-refractivity contribution is -0.135. The molecule has 2 N–H and O–H groups in total. The van der Waals surface area contributed by atoms with Gasteiger partial charge in [-0.3, -0.25) is 4.79 Å². The molecule has 88 valence electrons. The molecule has 0 aromatic carbocycles. The molecule has 0 bridgehead atoms. The van der Waals surface area contributed by atoms with Gasteiger partial charge < -0.3 is 15.4 Å². The van der Waals surface area contributed by atoms with Gasteiger partial charge in [0.05, 0.1) is 5.41 Å². The van der Waals surface area contributed by atoms with Gasteiger partial charge >= 0.3 is 0 Å². The zero-order valence-corrected chi connectivity index (χ0v) is 9.77. The van der Waals surface area contributed by atoms with E-state index in [1.807, 2.05) is 7.05 Å². The lowest BCUT2D eigenvalue weighted by Gasteiger charge is -2.40. The molecule has 0 aliphatic heterocycles. The van der Waals surface area contributed by atoms with E-state index < -0.39 is 0 Å². The summed E-state index contributed by atoms with van der Waals surface area (Å²) in [5, 5.41) is 6.09. The van der Waals surface area contributed by atoms with Crippen LogP contribution in [0.5, 0.6) is 0 Å². The Morgan fingerprint density at radius 2 is 2.20 bits per heavy atom. The first-order chi connectivity index (χ1) is 7.25. The van der Waals surface area contributed by atoms with Gasteiger partial charge in [-0.2, -0.15) is 0 Å². The number of hydrogen-bond acceptors (Lipinski definition) is 3. The van der Waals surface area contributed by atoms with Crippen LogP contribution in [0.25, 0.3) is 0 Å². The minimum atomic E-state index is -0.123. The van der Waals surface area contributed by atoms with E-state index in [9.17, 15) is 4.79 Å². The molecule has 0 aromatic rings. The third-order valence-corrected chi connectivity index (χ3v) is 3.12. The summed E-state index contributed by atoms with van der Waals surface area (Å²) in [6.45, 7) is 2.22. The van der Waals surface area contributed by atoms with Crippen molar-refractivity contribution in [1.29, 1.82) is 0 Å². The fourth-order valence-corrected chi connectivity index (χ4v) is 2.03. The van der Waals surface area contributed by atoms with E-state index >= 15 is 0 Å². The number of nitrogens with one attached hydrogen (secondary N) is 2. The topological polar surface area (TPSA) is 50.4 Å². The maximum atomic E-state index is 11.9. The zero-order chi connectivity index (χ0) is 11.1. The number of carbonyl (C=O) groups excluding carboxylic acids is 1. The third-order valence-electron chi connectivity index (χ3n) is 3.12. The summed E-state index contributed by atoms with van der Waals surface area (Å²) in [5.74, 6) is 0.208. The fourth-order valence-electron chi connectivity index (χ4n) is 2.03. The molecule has 4 heteroatoms. The van der Waals surface area contributed by atoms with Crippen LogP contribution in [0.15, 0.2) is 0 Å². The Kier molecular flexibility index (Phi) is 5.05. The first kappa shape index (κ1) is 12.5. The van der Waals surface area contributed by atoms with Crippen LogP contribution in [0.4, 0.5) is 0 Å². The number of hydrogen-bond donors (Lipinski definition) is 2. The first-order valence-corrected chi connectivity index (χ1v) is 5.67. The second-order valence-corrected chi connectivity index (χ2v) is 4.27. The Morgan fingerprint density at radius 3 is 2.67 bits per heavy atom. The molecular formula is C11H22N2O2. The third kappa shape index (κ3) is 3.18. The van der Waals surface area contributed by atoms with Crippen LogP contribution in [0.1, 0.15) is 25.7 Å². The maximum absolute atomic E-state index is 11.9. The minimum absolute atomic E-state index is 0.123. The van der Waals surface area contributed by atoms with Crippen molar-refractivity contribution in [3.8, 4) is 0 Å². The molecule has 1 rings (SSSR count). The fraction of sp³-hybridized carbons (Fsp3) is 0.909. The summed E-state index contributed by atoms with van der Waals surface area (Å²) < 4.78 is 4.93. The van der Waals surface area contributed by atoms with E-state index in [1.165, 1.54) is 6.42 Å². The lowest BCUT2D eigenvalue weighted by Crippen LogP contribution is -2.51. The Bertz CT molecular complexity index is 203. The van der Waals surface area contributed by atoms with Gasteiger partial charge in [-0.15, -0.1) is 0 Å². The van der Waals surface area contributed by atoms with E-state index in [1.54, 1.807) is 7.11 Å². The van der Waals surface area contributed by atoms with Gasteiger partial charge in [0.15, 0.2) is 0 Å². The summed E-state index contributed by atoms with van der Waals surface area (Å²) >= 11 is 0. The maximum Gasteiger partial charge on any atom is 0.227 e. The van der Waals surface area contributed by atoms with Crippen molar-refractivity contribution in [2.75, 3.05) is 33.9 Å². The van der Waals surface area contributed by atoms with Gasteiger partial charge in [-0.05, 0) is 26.3 Å². The van der Waals surface area contributed by atoms with Gasteiger partial charge in [0.25, 0.3) is 0 Å². The number of amides is 1. The normalized spacial score (nSPS) is 18.3. The van der Waals surface area contributed by atoms with Gasteiger partial charge in [0.1, 0.15) is 0 Å². The molecule has 1 fully saturated rings. The SMILES string of the molecule is CNCC1(C(=O)NCCCOC)CCC1. The van der Waals surface area contributed by atoms with Crippen LogP contribution < -0.4 is 10.6 Å². The van der Waals surface area contributed by atoms with Crippen molar-refractivity contribution in [3.05, 3.63) is 0 Å². The van der Waals surface area contributed by atoms with Crippen molar-refractivity contribution in [2.45, 2.75) is 25.7 Å². The van der Waals surface area contributed by atoms with Crippen molar-refractivity contribution in [2.24, 2.45) is 5.41 Å². The van der Waals surface area contributed by atoms with Crippen LogP contribution in [0.3, 0.4) is 0 Å². The zero-order valence-electron chi connectivity index (χ0n) is 9.77. The number of rotatable bonds is 7. The Balaban J connectivity index is 2.25. The highest BCUT2D eigenvalue weighted by molar-refractivity contribution is 5.83. The molecule has 1 aliphatic carbocycles. The summed E-state index contributed by atoms with van der Waals surface area (Å²) in [7, 11) is 3.58. The van der Waals surface area contributed by atoms with Crippen molar-refractivity contribution in [1.82, 2.24) is 10.6 Å². The summed E-state index contributed by atoms with van der Waals surface area (Å²) in [4.78, 5) is 11.9. The van der Waals surface area contributed by atoms with E-state index in [0.717, 1.165) is 32.4 Å². The Labute approximate surface area is 91.8 Å². The summed E-state index contributed by atoms with van der Waals surface area (Å²) in [6.07, 6.45) is 4.10. The van der Waals surface area contributed by atoms with E-state index in [-0.39, 0.29) is 11.3 Å². The van der Waals surface area contributed by atoms with Crippen molar-refractivity contribution >= 4 is 5.91 Å². The molecule has 0 saturated heterocycles. The lowest BCUT2D eigenvalue weighted by atomic mass is 9.68. The molecule has 1 saturated carbocycles. The highest BCUT2D eigenvalue weighted by atomic mass is 16.5. The molecule has 4 nitrogen and oxygen atoms in total. The van der Waals surface area contributed by atoms with E-state index in [2.05, 4.69) is 10.6 Å². The number of ether oxygens (including phenoxy) is 1. The molecule has 1 aliphatic rings. The molecule has 0 atom stereocenters. The molecule has 0 radical (unpaired) electrons. The molecule has 0 heterocycles. The first-order valence-electron chi connectivity index (χ1n) is 5.67. The summed E-state index contributed by atoms with van der Waals surface area (Å²) in [6, 6.07) is 0. The van der Waals surface area contributed by atoms with Crippen LogP contribution in [-0.4, -0.2) is 39.8 Å². The van der Waals surface area contributed by atoms with Gasteiger partial charge in [-0.1, -0.05) is 6.42 Å². The van der Waals surface area contributed by atoms with Crippen molar-refractivity contribution in [3.63, 3.8) is 0 Å². The average Bonchev–Trinajstić information content (AvgIpc) is 2.18. The van der Waals surface area contributed by atoms with Gasteiger partial charge in [-0.25, -0.2) is 0 Å². The monoisotopic (exact) mass is 214 g/mol. The predicted octanol–water partition coefficient (Wildman–Crippen LogP) is 0.529. The molecule has 0 aromatic heterocycles. The molecule has 15 heavy (non-hydrogen) atoms. The Morgan fingerprint density at radius 1 is 1.47 bits per heavy atom. The largest absolute Gasteiger partial charge is 0.385 e. The smallest absolute Gasteiger partial charge is 0.227 e. The molecular weight excluding hydrogens is 192 g/mol. The number of carbonyl (C=O) groups is 1. The highest BCUT2D eigenvalue weighted by Gasteiger charge is 2.43. The van der Waals surface area contributed by atoms with Crippen molar-refractivity contribution < 1.29 is 9.53 Å². The van der Waals surface area contributed by atoms with E-state index in [4.69, 9.17) is 4.74 Å². The molecule has 0 spiro atoms. The minimum Gasteiger partial charge on any atom is -0.385 e. The second kappa shape index (κ2) is 6.08. The van der Waals surface area contributed by atoms with E-state index in [0.29, 0.717) is 6.61 Å². The van der Waals surface area contributed by atoms with Crippen LogP contribution in [0, 0.1) is 5.41 Å². The van der Waals surface area contributed by atoms with Crippen LogP contribution >= 0.6 is 0 Å². The Hall–Kier alpha value is -0.610. The summed E-state index contributed by atoms with van der Waals surface area (Å²) in [5.41, 5.74) is -0.123. The molecule has 0 unspecified atom stereocenters.